The van der Waals surface area contributed by atoms with Crippen molar-refractivity contribution < 1.29 is 4.74 Å². The third-order valence-corrected chi connectivity index (χ3v) is 7.41. The van der Waals surface area contributed by atoms with Crippen molar-refractivity contribution in [3.63, 3.8) is 0 Å². The summed E-state index contributed by atoms with van der Waals surface area (Å²) in [5.41, 5.74) is 5.28. The molecular formula is C26H31N7O. The van der Waals surface area contributed by atoms with Crippen molar-refractivity contribution in [2.75, 3.05) is 37.6 Å². The average molecular weight is 458 g/mol. The summed E-state index contributed by atoms with van der Waals surface area (Å²) >= 11 is 0. The standard InChI is InChI=1S/C26H31N7O/c1-17-8-20-10-30-33(25(20)11-29-17)21-13-31(14-21)15-22-16-32(12-18(2)34-22)24-6-5-19(9-27)26-23(24)4-3-7-28-26/h3-7,10,17-18,21-22,29H,8,11-16H2,1-2H3/t17-,18?,22?/m1/s1. The van der Waals surface area contributed by atoms with E-state index in [1.54, 1.807) is 6.20 Å². The zero-order chi connectivity index (χ0) is 23.2. The molecule has 0 radical (unpaired) electrons. The molecule has 0 aliphatic carbocycles. The molecule has 0 amide bonds. The Morgan fingerprint density at radius 3 is 2.91 bits per heavy atom. The van der Waals surface area contributed by atoms with Gasteiger partial charge in [-0.3, -0.25) is 14.6 Å². The molecule has 8 nitrogen and oxygen atoms in total. The van der Waals surface area contributed by atoms with Gasteiger partial charge in [0.15, 0.2) is 0 Å². The van der Waals surface area contributed by atoms with Crippen LogP contribution in [0.25, 0.3) is 10.9 Å². The minimum Gasteiger partial charge on any atom is -0.370 e. The highest BCUT2D eigenvalue weighted by atomic mass is 16.5. The molecule has 2 fully saturated rings. The number of nitriles is 1. The van der Waals surface area contributed by atoms with E-state index in [1.807, 2.05) is 12.1 Å². The maximum Gasteiger partial charge on any atom is 0.101 e. The van der Waals surface area contributed by atoms with Crippen molar-refractivity contribution in [2.24, 2.45) is 0 Å². The second kappa shape index (κ2) is 8.66. The molecule has 3 aliphatic rings. The molecule has 3 atom stereocenters. The van der Waals surface area contributed by atoms with Crippen LogP contribution in [0.15, 0.2) is 36.7 Å². The maximum absolute atomic E-state index is 9.48. The van der Waals surface area contributed by atoms with Crippen molar-refractivity contribution in [2.45, 2.75) is 51.1 Å². The predicted octanol–water partition coefficient (Wildman–Crippen LogP) is 2.49. The summed E-state index contributed by atoms with van der Waals surface area (Å²) < 4.78 is 8.59. The summed E-state index contributed by atoms with van der Waals surface area (Å²) in [4.78, 5) is 9.37. The molecule has 1 N–H and O–H groups in total. The van der Waals surface area contributed by atoms with Gasteiger partial charge in [-0.15, -0.1) is 0 Å². The zero-order valence-electron chi connectivity index (χ0n) is 19.8. The van der Waals surface area contributed by atoms with Gasteiger partial charge >= 0.3 is 0 Å². The Kier molecular flexibility index (Phi) is 5.48. The number of pyridine rings is 1. The SMILES string of the molecule is CC1CN(c2ccc(C#N)c3ncccc23)CC(CN2CC(n3ncc4c3CN[C@H](C)C4)C2)O1. The minimum absolute atomic E-state index is 0.140. The summed E-state index contributed by atoms with van der Waals surface area (Å²) in [6.45, 7) is 9.91. The summed E-state index contributed by atoms with van der Waals surface area (Å²) in [5, 5.41) is 18.8. The van der Waals surface area contributed by atoms with Crippen LogP contribution in [0, 0.1) is 11.3 Å². The van der Waals surface area contributed by atoms with Crippen molar-refractivity contribution in [1.82, 2.24) is 25.0 Å². The lowest BCUT2D eigenvalue weighted by Gasteiger charge is -2.45. The van der Waals surface area contributed by atoms with Crippen LogP contribution >= 0.6 is 0 Å². The van der Waals surface area contributed by atoms with E-state index in [4.69, 9.17) is 9.84 Å². The van der Waals surface area contributed by atoms with Crippen molar-refractivity contribution >= 4 is 16.6 Å². The normalized spacial score (nSPS) is 25.7. The second-order valence-corrected chi connectivity index (χ2v) is 10.0. The van der Waals surface area contributed by atoms with Crippen molar-refractivity contribution in [1.29, 1.82) is 5.26 Å². The molecule has 3 aromatic rings. The van der Waals surface area contributed by atoms with E-state index in [0.29, 0.717) is 17.6 Å². The molecule has 5 heterocycles. The smallest absolute Gasteiger partial charge is 0.101 e. The van der Waals surface area contributed by atoms with Gasteiger partial charge in [-0.25, -0.2) is 0 Å². The first-order valence-corrected chi connectivity index (χ1v) is 12.3. The topological polar surface area (TPSA) is 82.2 Å². The fourth-order valence-electron chi connectivity index (χ4n) is 5.78. The number of rotatable bonds is 4. The number of benzene rings is 1. The number of likely N-dealkylation sites (tertiary alicyclic amines) is 1. The summed E-state index contributed by atoms with van der Waals surface area (Å²) in [6.07, 6.45) is 5.17. The molecular weight excluding hydrogens is 426 g/mol. The quantitative estimate of drug-likeness (QED) is 0.645. The molecule has 0 saturated carbocycles. The Hall–Kier alpha value is -2.99. The van der Waals surface area contributed by atoms with Crippen LogP contribution in [0.5, 0.6) is 0 Å². The molecule has 6 rings (SSSR count). The van der Waals surface area contributed by atoms with E-state index in [-0.39, 0.29) is 12.2 Å². The lowest BCUT2D eigenvalue weighted by Crippen LogP contribution is -2.56. The molecule has 2 aromatic heterocycles. The number of anilines is 1. The molecule has 176 valence electrons. The highest BCUT2D eigenvalue weighted by Crippen LogP contribution is 2.31. The van der Waals surface area contributed by atoms with Crippen LogP contribution in [-0.4, -0.2) is 70.6 Å². The summed E-state index contributed by atoms with van der Waals surface area (Å²) in [5.74, 6) is 0. The Morgan fingerprint density at radius 1 is 1.18 bits per heavy atom. The van der Waals surface area contributed by atoms with Crippen LogP contribution in [0.2, 0.25) is 0 Å². The van der Waals surface area contributed by atoms with Gasteiger partial charge < -0.3 is 15.0 Å². The van der Waals surface area contributed by atoms with E-state index >= 15 is 0 Å². The molecule has 2 saturated heterocycles. The van der Waals surface area contributed by atoms with Gasteiger partial charge in [0.05, 0.1) is 41.2 Å². The van der Waals surface area contributed by atoms with Gasteiger partial charge in [-0.1, -0.05) is 0 Å². The number of fused-ring (bicyclic) bond motifs is 2. The van der Waals surface area contributed by atoms with Gasteiger partial charge in [-0.2, -0.15) is 10.4 Å². The van der Waals surface area contributed by atoms with Crippen LogP contribution in [0.1, 0.15) is 36.7 Å². The average Bonchev–Trinajstić information content (AvgIpc) is 3.22. The first kappa shape index (κ1) is 21.5. The minimum atomic E-state index is 0.140. The number of nitrogens with zero attached hydrogens (tertiary/aromatic N) is 6. The van der Waals surface area contributed by atoms with E-state index < -0.39 is 0 Å². The molecule has 1 aromatic carbocycles. The third-order valence-electron chi connectivity index (χ3n) is 7.41. The molecule has 2 unspecified atom stereocenters. The highest BCUT2D eigenvalue weighted by Gasteiger charge is 2.35. The van der Waals surface area contributed by atoms with E-state index in [1.165, 1.54) is 11.3 Å². The van der Waals surface area contributed by atoms with E-state index in [9.17, 15) is 5.26 Å². The molecule has 0 spiro atoms. The lowest BCUT2D eigenvalue weighted by molar-refractivity contribution is -0.0492. The van der Waals surface area contributed by atoms with Crippen LogP contribution in [0.3, 0.4) is 0 Å². The number of hydrogen-bond donors (Lipinski definition) is 1. The monoisotopic (exact) mass is 457 g/mol. The van der Waals surface area contributed by atoms with E-state index in [2.05, 4.69) is 63.0 Å². The van der Waals surface area contributed by atoms with Crippen LogP contribution < -0.4 is 10.2 Å². The van der Waals surface area contributed by atoms with Gasteiger partial charge in [-0.05, 0) is 50.1 Å². The molecule has 0 bridgehead atoms. The molecule has 34 heavy (non-hydrogen) atoms. The Morgan fingerprint density at radius 2 is 2.06 bits per heavy atom. The fraction of sp³-hybridized carbons (Fsp3) is 0.500. The van der Waals surface area contributed by atoms with Gasteiger partial charge in [0.25, 0.3) is 0 Å². The number of nitrogens with one attached hydrogen (secondary N) is 1. The van der Waals surface area contributed by atoms with Crippen LogP contribution in [-0.2, 0) is 17.7 Å². The Bertz CT molecular complexity index is 1240. The first-order valence-electron chi connectivity index (χ1n) is 12.3. The number of ether oxygens (including phenoxy) is 1. The van der Waals surface area contributed by atoms with Crippen molar-refractivity contribution in [3.8, 4) is 6.07 Å². The second-order valence-electron chi connectivity index (χ2n) is 10.0. The number of aromatic nitrogens is 3. The van der Waals surface area contributed by atoms with Crippen molar-refractivity contribution in [3.05, 3.63) is 53.5 Å². The molecule has 8 heteroatoms. The Balaban J connectivity index is 1.13. The largest absolute Gasteiger partial charge is 0.370 e. The maximum atomic E-state index is 9.48. The fourth-order valence-corrected chi connectivity index (χ4v) is 5.78. The van der Waals surface area contributed by atoms with Gasteiger partial charge in [0, 0.05) is 62.6 Å². The van der Waals surface area contributed by atoms with E-state index in [0.717, 1.165) is 62.3 Å². The summed E-state index contributed by atoms with van der Waals surface area (Å²) in [6, 6.07) is 11.2. The lowest BCUT2D eigenvalue weighted by atomic mass is 10.0. The van der Waals surface area contributed by atoms with Crippen LogP contribution in [0.4, 0.5) is 5.69 Å². The zero-order valence-corrected chi connectivity index (χ0v) is 19.8. The highest BCUT2D eigenvalue weighted by molar-refractivity contribution is 5.95. The van der Waals surface area contributed by atoms with Gasteiger partial charge in [0.1, 0.15) is 6.07 Å². The third kappa shape index (κ3) is 3.84. The Labute approximate surface area is 200 Å². The molecule has 3 aliphatic heterocycles. The number of morpholine rings is 1. The van der Waals surface area contributed by atoms with Gasteiger partial charge in [0.2, 0.25) is 0 Å². The predicted molar refractivity (Wildman–Crippen MR) is 131 cm³/mol. The number of hydrogen-bond acceptors (Lipinski definition) is 7. The summed E-state index contributed by atoms with van der Waals surface area (Å²) in [7, 11) is 0. The first-order chi connectivity index (χ1) is 16.6.